The van der Waals surface area contributed by atoms with E-state index >= 15 is 0 Å². The maximum Gasteiger partial charge on any atom is 0.225 e. The molecular formula is C11H20N2O3. The minimum Gasteiger partial charge on any atom is -0.383 e. The van der Waals surface area contributed by atoms with Gasteiger partial charge in [-0.3, -0.25) is 9.59 Å². The Morgan fingerprint density at radius 1 is 1.62 bits per heavy atom. The van der Waals surface area contributed by atoms with Crippen LogP contribution >= 0.6 is 0 Å². The first-order chi connectivity index (χ1) is 7.69. The second-order valence-electron chi connectivity index (χ2n) is 4.02. The van der Waals surface area contributed by atoms with E-state index in [1.807, 2.05) is 6.92 Å². The van der Waals surface area contributed by atoms with E-state index < -0.39 is 0 Å². The largest absolute Gasteiger partial charge is 0.383 e. The van der Waals surface area contributed by atoms with Crippen molar-refractivity contribution in [2.75, 3.05) is 33.4 Å². The summed E-state index contributed by atoms with van der Waals surface area (Å²) in [6, 6.07) is 0. The number of nitrogens with one attached hydrogen (secondary N) is 1. The number of carbonyl (C=O) groups is 2. The van der Waals surface area contributed by atoms with Crippen LogP contribution in [0.15, 0.2) is 0 Å². The van der Waals surface area contributed by atoms with Gasteiger partial charge in [0, 0.05) is 33.2 Å². The predicted molar refractivity (Wildman–Crippen MR) is 59.9 cm³/mol. The molecule has 1 heterocycles. The van der Waals surface area contributed by atoms with Crippen molar-refractivity contribution in [2.24, 2.45) is 5.92 Å². The Labute approximate surface area is 96.1 Å². The minimum atomic E-state index is -0.184. The molecule has 92 valence electrons. The van der Waals surface area contributed by atoms with Crippen molar-refractivity contribution < 1.29 is 14.3 Å². The Morgan fingerprint density at radius 3 is 3.00 bits per heavy atom. The fraction of sp³-hybridized carbons (Fsp3) is 0.818. The Balaban J connectivity index is 2.36. The van der Waals surface area contributed by atoms with Crippen LogP contribution in [0.2, 0.25) is 0 Å². The van der Waals surface area contributed by atoms with Crippen LogP contribution in [0.3, 0.4) is 0 Å². The number of carbonyl (C=O) groups excluding carboxylic acids is 2. The lowest BCUT2D eigenvalue weighted by Gasteiger charge is -2.15. The molecule has 2 amide bonds. The number of nitrogens with zero attached hydrogens (tertiary/aromatic N) is 1. The molecule has 0 bridgehead atoms. The average Bonchev–Trinajstić information content (AvgIpc) is 2.65. The molecule has 5 heteroatoms. The van der Waals surface area contributed by atoms with E-state index in [0.29, 0.717) is 32.7 Å². The molecular weight excluding hydrogens is 208 g/mol. The maximum absolute atomic E-state index is 11.6. The fourth-order valence-corrected chi connectivity index (χ4v) is 1.76. The monoisotopic (exact) mass is 228 g/mol. The Morgan fingerprint density at radius 2 is 2.38 bits per heavy atom. The quantitative estimate of drug-likeness (QED) is 0.696. The number of hydrogen-bond donors (Lipinski definition) is 1. The van der Waals surface area contributed by atoms with Gasteiger partial charge in [0.1, 0.15) is 0 Å². The molecule has 0 aliphatic carbocycles. The topological polar surface area (TPSA) is 58.6 Å². The summed E-state index contributed by atoms with van der Waals surface area (Å²) in [4.78, 5) is 24.9. The number of likely N-dealkylation sites (tertiary alicyclic amines) is 1. The highest BCUT2D eigenvalue weighted by Crippen LogP contribution is 2.17. The molecule has 0 aromatic heterocycles. The number of methoxy groups -OCH3 is 1. The van der Waals surface area contributed by atoms with Gasteiger partial charge in [0.2, 0.25) is 11.8 Å². The van der Waals surface area contributed by atoms with Crippen LogP contribution in [0.5, 0.6) is 0 Å². The lowest BCUT2D eigenvalue weighted by atomic mass is 10.1. The molecule has 0 aromatic carbocycles. The standard InChI is InChI=1S/C11H20N2O3/c1-3-4-12-11(15)9-7-10(14)13(8-9)5-6-16-2/h9H,3-8H2,1-2H3,(H,12,15). The smallest absolute Gasteiger partial charge is 0.225 e. The zero-order valence-electron chi connectivity index (χ0n) is 9.99. The van der Waals surface area contributed by atoms with Gasteiger partial charge in [-0.1, -0.05) is 6.92 Å². The summed E-state index contributed by atoms with van der Waals surface area (Å²) >= 11 is 0. The summed E-state index contributed by atoms with van der Waals surface area (Å²) in [5.41, 5.74) is 0. The fourth-order valence-electron chi connectivity index (χ4n) is 1.76. The third kappa shape index (κ3) is 3.48. The van der Waals surface area contributed by atoms with Gasteiger partial charge >= 0.3 is 0 Å². The zero-order valence-corrected chi connectivity index (χ0v) is 9.99. The molecule has 1 fully saturated rings. The molecule has 0 saturated carbocycles. The van der Waals surface area contributed by atoms with Crippen LogP contribution in [-0.2, 0) is 14.3 Å². The van der Waals surface area contributed by atoms with E-state index in [2.05, 4.69) is 5.32 Å². The normalized spacial score (nSPS) is 20.2. The van der Waals surface area contributed by atoms with E-state index in [9.17, 15) is 9.59 Å². The van der Waals surface area contributed by atoms with Gasteiger partial charge in [-0.05, 0) is 6.42 Å². The van der Waals surface area contributed by atoms with Crippen LogP contribution in [0.1, 0.15) is 19.8 Å². The van der Waals surface area contributed by atoms with E-state index in [0.717, 1.165) is 6.42 Å². The molecule has 0 aromatic rings. The summed E-state index contributed by atoms with van der Waals surface area (Å²) in [6.07, 6.45) is 1.25. The van der Waals surface area contributed by atoms with Crippen molar-refractivity contribution in [2.45, 2.75) is 19.8 Å². The third-order valence-electron chi connectivity index (χ3n) is 2.70. The van der Waals surface area contributed by atoms with Gasteiger partial charge in [0.15, 0.2) is 0 Å². The molecule has 1 aliphatic heterocycles. The van der Waals surface area contributed by atoms with Gasteiger partial charge in [-0.15, -0.1) is 0 Å². The highest BCUT2D eigenvalue weighted by molar-refractivity contribution is 5.89. The third-order valence-corrected chi connectivity index (χ3v) is 2.70. The van der Waals surface area contributed by atoms with E-state index in [1.54, 1.807) is 12.0 Å². The van der Waals surface area contributed by atoms with Gasteiger partial charge in [0.25, 0.3) is 0 Å². The van der Waals surface area contributed by atoms with Gasteiger partial charge in [0.05, 0.1) is 12.5 Å². The summed E-state index contributed by atoms with van der Waals surface area (Å²) in [7, 11) is 1.60. The maximum atomic E-state index is 11.6. The molecule has 0 spiro atoms. The average molecular weight is 228 g/mol. The number of rotatable bonds is 6. The molecule has 1 rings (SSSR count). The number of hydrogen-bond acceptors (Lipinski definition) is 3. The first-order valence-corrected chi connectivity index (χ1v) is 5.73. The molecule has 1 aliphatic rings. The lowest BCUT2D eigenvalue weighted by molar-refractivity contribution is -0.129. The highest BCUT2D eigenvalue weighted by Gasteiger charge is 2.33. The van der Waals surface area contributed by atoms with Crippen LogP contribution in [0.25, 0.3) is 0 Å². The second-order valence-corrected chi connectivity index (χ2v) is 4.02. The summed E-state index contributed by atoms with van der Waals surface area (Å²) in [5.74, 6) is -0.139. The lowest BCUT2D eigenvalue weighted by Crippen LogP contribution is -2.34. The Hall–Kier alpha value is -1.10. The Kier molecular flexibility index (Phi) is 5.25. The van der Waals surface area contributed by atoms with Crippen molar-refractivity contribution in [3.05, 3.63) is 0 Å². The molecule has 1 unspecified atom stereocenters. The Bertz CT molecular complexity index is 256. The predicted octanol–water partition coefficient (Wildman–Crippen LogP) is 0.00750. The second kappa shape index (κ2) is 6.48. The van der Waals surface area contributed by atoms with Crippen molar-refractivity contribution in [3.63, 3.8) is 0 Å². The van der Waals surface area contributed by atoms with E-state index in [-0.39, 0.29) is 17.7 Å². The minimum absolute atomic E-state index is 0.00452. The van der Waals surface area contributed by atoms with Crippen molar-refractivity contribution in [1.29, 1.82) is 0 Å². The summed E-state index contributed by atoms with van der Waals surface area (Å²) in [5, 5.41) is 2.82. The van der Waals surface area contributed by atoms with Gasteiger partial charge in [-0.2, -0.15) is 0 Å². The van der Waals surface area contributed by atoms with Gasteiger partial charge in [-0.25, -0.2) is 0 Å². The van der Waals surface area contributed by atoms with Crippen molar-refractivity contribution >= 4 is 11.8 Å². The van der Waals surface area contributed by atoms with Crippen LogP contribution < -0.4 is 5.32 Å². The first kappa shape index (κ1) is 13.0. The molecule has 5 nitrogen and oxygen atoms in total. The number of amides is 2. The van der Waals surface area contributed by atoms with Crippen LogP contribution in [0.4, 0.5) is 0 Å². The SMILES string of the molecule is CCCNC(=O)C1CC(=O)N(CCOC)C1. The summed E-state index contributed by atoms with van der Waals surface area (Å²) in [6.45, 7) is 4.31. The molecule has 0 radical (unpaired) electrons. The number of ether oxygens (including phenoxy) is 1. The first-order valence-electron chi connectivity index (χ1n) is 5.73. The van der Waals surface area contributed by atoms with Crippen LogP contribution in [-0.4, -0.2) is 50.1 Å². The van der Waals surface area contributed by atoms with Gasteiger partial charge < -0.3 is 15.0 Å². The van der Waals surface area contributed by atoms with E-state index in [1.165, 1.54) is 0 Å². The zero-order chi connectivity index (χ0) is 12.0. The molecule has 1 atom stereocenters. The van der Waals surface area contributed by atoms with Crippen molar-refractivity contribution in [3.8, 4) is 0 Å². The molecule has 16 heavy (non-hydrogen) atoms. The molecule has 1 N–H and O–H groups in total. The summed E-state index contributed by atoms with van der Waals surface area (Å²) < 4.78 is 4.92. The van der Waals surface area contributed by atoms with Crippen LogP contribution in [0, 0.1) is 5.92 Å². The van der Waals surface area contributed by atoms with Crippen molar-refractivity contribution in [1.82, 2.24) is 10.2 Å². The molecule has 1 saturated heterocycles. The van der Waals surface area contributed by atoms with E-state index in [4.69, 9.17) is 4.74 Å². The highest BCUT2D eigenvalue weighted by atomic mass is 16.5.